The topological polar surface area (TPSA) is 9.72 Å². The zero-order chi connectivity index (χ0) is 35.3. The van der Waals surface area contributed by atoms with E-state index < -0.39 is 0 Å². The lowest BCUT2D eigenvalue weighted by Gasteiger charge is -2.39. The van der Waals surface area contributed by atoms with Crippen LogP contribution in [0.15, 0.2) is 194 Å². The number of fused-ring (bicyclic) bond motifs is 5. The van der Waals surface area contributed by atoms with Crippen molar-refractivity contribution in [3.8, 4) is 22.3 Å². The second kappa shape index (κ2) is 12.9. The Morgan fingerprint density at radius 1 is 0.377 bits per heavy atom. The molecule has 9 aromatic rings. The summed E-state index contributed by atoms with van der Waals surface area (Å²) in [4.78, 5) is 7.07. The number of nitrogens with zero attached hydrogens (tertiary/aromatic N) is 3. The minimum Gasteiger partial charge on any atom is -0.341 e. The van der Waals surface area contributed by atoms with E-state index in [0.29, 0.717) is 0 Å². The van der Waals surface area contributed by atoms with Crippen LogP contribution in [-0.2, 0) is 0 Å². The van der Waals surface area contributed by atoms with Crippen molar-refractivity contribution in [2.45, 2.75) is 0 Å². The zero-order valence-corrected chi connectivity index (χ0v) is 30.0. The van der Waals surface area contributed by atoms with Crippen molar-refractivity contribution in [3.63, 3.8) is 0 Å². The summed E-state index contributed by atoms with van der Waals surface area (Å²) >= 11 is 1.86. The van der Waals surface area contributed by atoms with E-state index in [4.69, 9.17) is 0 Å². The van der Waals surface area contributed by atoms with Gasteiger partial charge in [-0.3, -0.25) is 0 Å². The third-order valence-corrected chi connectivity index (χ3v) is 11.5. The third-order valence-electron chi connectivity index (χ3n) is 10.4. The van der Waals surface area contributed by atoms with Gasteiger partial charge < -0.3 is 14.7 Å². The Labute approximate surface area is 313 Å². The molecule has 8 aromatic carbocycles. The molecule has 0 saturated carbocycles. The summed E-state index contributed by atoms with van der Waals surface area (Å²) in [5, 5.41) is 2.61. The quantitative estimate of drug-likeness (QED) is 0.171. The molecule has 53 heavy (non-hydrogen) atoms. The van der Waals surface area contributed by atoms with Gasteiger partial charge in [-0.05, 0) is 107 Å². The molecule has 0 fully saturated rings. The maximum Gasteiger partial charge on any atom is 0.0700 e. The molecule has 1 aliphatic heterocycles. The van der Waals surface area contributed by atoms with Gasteiger partial charge in [0.2, 0.25) is 0 Å². The van der Waals surface area contributed by atoms with Gasteiger partial charge >= 0.3 is 0 Å². The first-order chi connectivity index (χ1) is 26.2. The molecule has 0 bridgehead atoms. The Balaban J connectivity index is 1.02. The van der Waals surface area contributed by atoms with E-state index >= 15 is 0 Å². The van der Waals surface area contributed by atoms with E-state index in [2.05, 4.69) is 216 Å². The highest BCUT2D eigenvalue weighted by molar-refractivity contribution is 7.25. The molecule has 0 saturated heterocycles. The Morgan fingerprint density at radius 3 is 1.64 bits per heavy atom. The predicted molar refractivity (Wildman–Crippen MR) is 228 cm³/mol. The maximum absolute atomic E-state index is 2.42. The van der Waals surface area contributed by atoms with E-state index in [-0.39, 0.29) is 0 Å². The number of hydrogen-bond acceptors (Lipinski definition) is 4. The second-order valence-electron chi connectivity index (χ2n) is 13.5. The van der Waals surface area contributed by atoms with Gasteiger partial charge in [-0.15, -0.1) is 11.3 Å². The van der Waals surface area contributed by atoms with Crippen LogP contribution in [0.5, 0.6) is 0 Å². The fourth-order valence-electron chi connectivity index (χ4n) is 7.75. The Morgan fingerprint density at radius 2 is 0.906 bits per heavy atom. The molecule has 0 N–H and O–H groups in total. The average Bonchev–Trinajstić information content (AvgIpc) is 3.60. The molecule has 0 amide bonds. The average molecular weight is 698 g/mol. The van der Waals surface area contributed by atoms with Crippen molar-refractivity contribution >= 4 is 77.0 Å². The monoisotopic (exact) mass is 697 g/mol. The SMILES string of the molecule is CN1c2ccccc2N(c2ccc3sc4ccccc4c3c2)c2ccc(-c3ccc(N(c4ccccc4)c4ccc(-c5ccccc5)cc4)cc3)cc21. The van der Waals surface area contributed by atoms with Crippen molar-refractivity contribution in [1.82, 2.24) is 0 Å². The zero-order valence-electron chi connectivity index (χ0n) is 29.2. The first kappa shape index (κ1) is 31.1. The minimum atomic E-state index is 1.11. The van der Waals surface area contributed by atoms with Crippen LogP contribution >= 0.6 is 11.3 Å². The van der Waals surface area contributed by atoms with Crippen molar-refractivity contribution in [2.75, 3.05) is 21.7 Å². The molecule has 0 aliphatic carbocycles. The van der Waals surface area contributed by atoms with Crippen LogP contribution in [0.1, 0.15) is 0 Å². The van der Waals surface area contributed by atoms with Gasteiger partial charge in [-0.1, -0.05) is 109 Å². The molecule has 0 spiro atoms. The van der Waals surface area contributed by atoms with Gasteiger partial charge in [-0.2, -0.15) is 0 Å². The van der Waals surface area contributed by atoms with Crippen LogP contribution in [0.4, 0.5) is 45.5 Å². The predicted octanol–water partition coefficient (Wildman–Crippen LogP) is 14.4. The molecule has 2 heterocycles. The standard InChI is InChI=1S/C49H35N3S/c1-50-44-17-9-10-18-45(44)52(41-29-31-49-43(33-41)42-16-8-11-19-48(42)53-49)46-30-24-37(32-47(46)50)36-22-27-40(28-23-36)51(38-14-6-3-7-15-38)39-25-20-35(21-26-39)34-12-4-2-5-13-34/h2-33H,1H3. The van der Waals surface area contributed by atoms with Crippen LogP contribution in [0.25, 0.3) is 42.4 Å². The Bertz CT molecular complexity index is 2740. The highest BCUT2D eigenvalue weighted by atomic mass is 32.1. The normalized spacial score (nSPS) is 12.2. The van der Waals surface area contributed by atoms with E-state index in [9.17, 15) is 0 Å². The molecule has 4 heteroatoms. The van der Waals surface area contributed by atoms with Gasteiger partial charge in [0.05, 0.1) is 22.7 Å². The number of anilines is 8. The second-order valence-corrected chi connectivity index (χ2v) is 14.6. The van der Waals surface area contributed by atoms with E-state index in [1.165, 1.54) is 65.2 Å². The van der Waals surface area contributed by atoms with Crippen LogP contribution < -0.4 is 14.7 Å². The smallest absolute Gasteiger partial charge is 0.0700 e. The van der Waals surface area contributed by atoms with Gasteiger partial charge in [0.25, 0.3) is 0 Å². The van der Waals surface area contributed by atoms with Gasteiger partial charge in [0, 0.05) is 50.0 Å². The largest absolute Gasteiger partial charge is 0.341 e. The van der Waals surface area contributed by atoms with Crippen molar-refractivity contribution in [1.29, 1.82) is 0 Å². The van der Waals surface area contributed by atoms with Gasteiger partial charge in [-0.25, -0.2) is 0 Å². The molecule has 0 atom stereocenters. The summed E-state index contributed by atoms with van der Waals surface area (Å²) in [6.07, 6.45) is 0. The molecule has 0 radical (unpaired) electrons. The first-order valence-corrected chi connectivity index (χ1v) is 18.8. The lowest BCUT2D eigenvalue weighted by molar-refractivity contribution is 1.13. The molecule has 1 aliphatic rings. The van der Waals surface area contributed by atoms with E-state index in [1.807, 2.05) is 11.3 Å². The summed E-state index contributed by atoms with van der Waals surface area (Å²) in [5.41, 5.74) is 14.0. The molecule has 3 nitrogen and oxygen atoms in total. The fourth-order valence-corrected chi connectivity index (χ4v) is 8.84. The molecule has 252 valence electrons. The van der Waals surface area contributed by atoms with Crippen LogP contribution in [-0.4, -0.2) is 7.05 Å². The third kappa shape index (κ3) is 5.43. The van der Waals surface area contributed by atoms with Crippen LogP contribution in [0.3, 0.4) is 0 Å². The Kier molecular flexibility index (Phi) is 7.55. The summed E-state index contributed by atoms with van der Waals surface area (Å²) < 4.78 is 2.63. The molecule has 10 rings (SSSR count). The van der Waals surface area contributed by atoms with Crippen molar-refractivity contribution < 1.29 is 0 Å². The molecule has 0 unspecified atom stereocenters. The number of hydrogen-bond donors (Lipinski definition) is 0. The number of thiophene rings is 1. The fraction of sp³-hybridized carbons (Fsp3) is 0.0204. The summed E-state index contributed by atoms with van der Waals surface area (Å²) in [6.45, 7) is 0. The first-order valence-electron chi connectivity index (χ1n) is 18.0. The highest BCUT2D eigenvalue weighted by Gasteiger charge is 2.28. The van der Waals surface area contributed by atoms with Gasteiger partial charge in [0.1, 0.15) is 0 Å². The number of benzene rings is 8. The summed E-state index contributed by atoms with van der Waals surface area (Å²) in [5.74, 6) is 0. The molecular formula is C49H35N3S. The van der Waals surface area contributed by atoms with E-state index in [0.717, 1.165) is 22.7 Å². The van der Waals surface area contributed by atoms with E-state index in [1.54, 1.807) is 0 Å². The molecular weight excluding hydrogens is 663 g/mol. The maximum atomic E-state index is 2.42. The summed E-state index contributed by atoms with van der Waals surface area (Å²) in [7, 11) is 2.18. The number of rotatable bonds is 6. The highest BCUT2D eigenvalue weighted by Crippen LogP contribution is 2.52. The van der Waals surface area contributed by atoms with Crippen molar-refractivity contribution in [2.24, 2.45) is 0 Å². The summed E-state index contributed by atoms with van der Waals surface area (Å²) in [6, 6.07) is 70.2. The minimum absolute atomic E-state index is 1.11. The number of para-hydroxylation sites is 3. The molecule has 1 aromatic heterocycles. The Hall–Kier alpha value is -6.62. The lowest BCUT2D eigenvalue weighted by Crippen LogP contribution is -2.24. The van der Waals surface area contributed by atoms with Crippen LogP contribution in [0, 0.1) is 0 Å². The van der Waals surface area contributed by atoms with Crippen LogP contribution in [0.2, 0.25) is 0 Å². The van der Waals surface area contributed by atoms with Gasteiger partial charge in [0.15, 0.2) is 0 Å². The lowest BCUT2D eigenvalue weighted by atomic mass is 9.99. The van der Waals surface area contributed by atoms with Crippen molar-refractivity contribution in [3.05, 3.63) is 194 Å².